The number of hydrogen-bond donors (Lipinski definition) is 3. The van der Waals surface area contributed by atoms with E-state index in [2.05, 4.69) is 5.32 Å². The van der Waals surface area contributed by atoms with Crippen LogP contribution in [0.1, 0.15) is 29.2 Å². The number of carboxylic acid groups (broad SMARTS) is 1. The molecule has 4 N–H and O–H groups in total. The van der Waals surface area contributed by atoms with Crippen molar-refractivity contribution in [3.8, 4) is 0 Å². The number of hydrogen-bond acceptors (Lipinski definition) is 4. The highest BCUT2D eigenvalue weighted by molar-refractivity contribution is 6.00. The fourth-order valence-corrected chi connectivity index (χ4v) is 2.49. The number of anilines is 1. The third-order valence-electron chi connectivity index (χ3n) is 3.68. The summed E-state index contributed by atoms with van der Waals surface area (Å²) in [7, 11) is 0. The molecule has 0 spiro atoms. The number of carboxylic acids is 1. The van der Waals surface area contributed by atoms with E-state index in [4.69, 9.17) is 10.8 Å². The summed E-state index contributed by atoms with van der Waals surface area (Å²) in [6.45, 7) is -0.538. The van der Waals surface area contributed by atoms with Gasteiger partial charge in [0.05, 0.1) is 10.9 Å². The number of nitrogens with one attached hydrogen (secondary N) is 1. The van der Waals surface area contributed by atoms with E-state index >= 15 is 0 Å². The number of aliphatic carboxylic acids is 1. The number of amides is 1. The molecule has 1 aliphatic rings. The first-order valence-corrected chi connectivity index (χ1v) is 6.92. The van der Waals surface area contributed by atoms with E-state index in [1.807, 2.05) is 4.57 Å². The minimum Gasteiger partial charge on any atom is -0.480 e. The van der Waals surface area contributed by atoms with Gasteiger partial charge in [-0.3, -0.25) is 14.4 Å². The Labute approximate surface area is 125 Å². The van der Waals surface area contributed by atoms with Crippen LogP contribution in [-0.4, -0.2) is 28.1 Å². The third-order valence-corrected chi connectivity index (χ3v) is 3.68. The van der Waals surface area contributed by atoms with Gasteiger partial charge in [-0.15, -0.1) is 0 Å². The number of nitrogens with two attached hydrogens (primary N) is 1. The Kier molecular flexibility index (Phi) is 3.32. The van der Waals surface area contributed by atoms with E-state index in [1.54, 1.807) is 18.2 Å². The molecule has 3 rings (SSSR count). The molecule has 1 heterocycles. The van der Waals surface area contributed by atoms with Gasteiger partial charge in [-0.05, 0) is 25.0 Å². The van der Waals surface area contributed by atoms with Crippen LogP contribution in [0, 0.1) is 0 Å². The van der Waals surface area contributed by atoms with Gasteiger partial charge in [-0.2, -0.15) is 0 Å². The van der Waals surface area contributed by atoms with Gasteiger partial charge in [0.25, 0.3) is 5.91 Å². The Morgan fingerprint density at radius 2 is 2.09 bits per heavy atom. The van der Waals surface area contributed by atoms with E-state index in [0.717, 1.165) is 12.8 Å². The van der Waals surface area contributed by atoms with Crippen molar-refractivity contribution in [3.63, 3.8) is 0 Å². The predicted octanol–water partition coefficient (Wildman–Crippen LogP) is 0.733. The number of carbonyl (C=O) groups excluding carboxylic acids is 1. The molecule has 0 aliphatic heterocycles. The molecule has 2 aromatic rings. The number of nitrogen functional groups attached to an aromatic ring is 1. The minimum absolute atomic E-state index is 0.0847. The molecule has 114 valence electrons. The highest BCUT2D eigenvalue weighted by Gasteiger charge is 2.27. The summed E-state index contributed by atoms with van der Waals surface area (Å²) in [5, 5.41) is 11.1. The van der Waals surface area contributed by atoms with Crippen molar-refractivity contribution in [2.75, 3.05) is 12.3 Å². The highest BCUT2D eigenvalue weighted by atomic mass is 16.4. The van der Waals surface area contributed by atoms with Crippen molar-refractivity contribution >= 4 is 28.5 Å². The summed E-state index contributed by atoms with van der Waals surface area (Å²) in [6, 6.07) is 5.42. The van der Waals surface area contributed by atoms with Crippen molar-refractivity contribution < 1.29 is 14.7 Å². The highest BCUT2D eigenvalue weighted by Crippen LogP contribution is 2.37. The molecule has 1 saturated carbocycles. The van der Waals surface area contributed by atoms with Crippen LogP contribution in [0.25, 0.3) is 10.9 Å². The molecule has 0 unspecified atom stereocenters. The van der Waals surface area contributed by atoms with Gasteiger partial charge >= 0.3 is 5.97 Å². The molecule has 1 aliphatic carbocycles. The Morgan fingerprint density at radius 1 is 1.36 bits per heavy atom. The fourth-order valence-electron chi connectivity index (χ4n) is 2.49. The number of pyridine rings is 1. The van der Waals surface area contributed by atoms with Crippen molar-refractivity contribution in [1.82, 2.24) is 9.88 Å². The maximum atomic E-state index is 12.5. The molecule has 1 amide bonds. The smallest absolute Gasteiger partial charge is 0.322 e. The molecule has 0 bridgehead atoms. The van der Waals surface area contributed by atoms with Crippen LogP contribution in [0.3, 0.4) is 0 Å². The number of rotatable bonds is 4. The van der Waals surface area contributed by atoms with E-state index in [-0.39, 0.29) is 11.6 Å². The van der Waals surface area contributed by atoms with Gasteiger partial charge in [0.2, 0.25) is 5.43 Å². The standard InChI is InChI=1S/C15H15N3O4/c16-10-2-1-3-11-13(10)14(21)9(7-18(11)8-4-5-8)15(22)17-6-12(19)20/h1-3,7-8H,4-6,16H2,(H,17,22)(H,19,20). The summed E-state index contributed by atoms with van der Waals surface area (Å²) >= 11 is 0. The van der Waals surface area contributed by atoms with Crippen molar-refractivity contribution in [2.45, 2.75) is 18.9 Å². The molecule has 7 nitrogen and oxygen atoms in total. The summed E-state index contributed by atoms with van der Waals surface area (Å²) < 4.78 is 1.88. The average Bonchev–Trinajstić information content (AvgIpc) is 3.29. The molecule has 1 aromatic carbocycles. The first-order chi connectivity index (χ1) is 10.5. The molecule has 0 radical (unpaired) electrons. The summed E-state index contributed by atoms with van der Waals surface area (Å²) in [5.41, 5.74) is 6.34. The lowest BCUT2D eigenvalue weighted by Gasteiger charge is -2.13. The van der Waals surface area contributed by atoms with Crippen LogP contribution < -0.4 is 16.5 Å². The summed E-state index contributed by atoms with van der Waals surface area (Å²) in [4.78, 5) is 35.2. The largest absolute Gasteiger partial charge is 0.480 e. The van der Waals surface area contributed by atoms with Crippen LogP contribution in [0.2, 0.25) is 0 Å². The zero-order chi connectivity index (χ0) is 15.9. The Balaban J connectivity index is 2.16. The molecule has 1 fully saturated rings. The Bertz CT molecular complexity index is 837. The van der Waals surface area contributed by atoms with Crippen LogP contribution in [0.4, 0.5) is 5.69 Å². The predicted molar refractivity (Wildman–Crippen MR) is 80.9 cm³/mol. The second-order valence-electron chi connectivity index (χ2n) is 5.33. The van der Waals surface area contributed by atoms with E-state index in [9.17, 15) is 14.4 Å². The summed E-state index contributed by atoms with van der Waals surface area (Å²) in [5.74, 6) is -1.87. The van der Waals surface area contributed by atoms with Gasteiger partial charge in [0.1, 0.15) is 12.1 Å². The first-order valence-electron chi connectivity index (χ1n) is 6.92. The van der Waals surface area contributed by atoms with E-state index in [1.165, 1.54) is 6.20 Å². The van der Waals surface area contributed by atoms with Gasteiger partial charge in [-0.1, -0.05) is 6.07 Å². The first kappa shape index (κ1) is 14.1. The second kappa shape index (κ2) is 5.18. The molecular weight excluding hydrogens is 286 g/mol. The maximum Gasteiger partial charge on any atom is 0.322 e. The quantitative estimate of drug-likeness (QED) is 0.720. The zero-order valence-corrected chi connectivity index (χ0v) is 11.7. The monoisotopic (exact) mass is 301 g/mol. The van der Waals surface area contributed by atoms with Gasteiger partial charge in [-0.25, -0.2) is 0 Å². The molecule has 7 heteroatoms. The maximum absolute atomic E-state index is 12.5. The van der Waals surface area contributed by atoms with Crippen LogP contribution in [0.15, 0.2) is 29.2 Å². The zero-order valence-electron chi connectivity index (χ0n) is 11.7. The lowest BCUT2D eigenvalue weighted by molar-refractivity contribution is -0.135. The van der Waals surface area contributed by atoms with Crippen LogP contribution in [-0.2, 0) is 4.79 Å². The lowest BCUT2D eigenvalue weighted by Crippen LogP contribution is -2.33. The van der Waals surface area contributed by atoms with Gasteiger partial charge in [0.15, 0.2) is 0 Å². The molecule has 0 saturated heterocycles. The molecule has 0 atom stereocenters. The van der Waals surface area contributed by atoms with Crippen LogP contribution >= 0.6 is 0 Å². The number of nitrogens with zero attached hydrogens (tertiary/aromatic N) is 1. The molecule has 22 heavy (non-hydrogen) atoms. The Hall–Kier alpha value is -2.83. The lowest BCUT2D eigenvalue weighted by atomic mass is 10.1. The van der Waals surface area contributed by atoms with Crippen molar-refractivity contribution in [3.05, 3.63) is 40.2 Å². The van der Waals surface area contributed by atoms with Gasteiger partial charge in [0, 0.05) is 17.9 Å². The summed E-state index contributed by atoms with van der Waals surface area (Å²) in [6.07, 6.45) is 3.45. The normalized spacial score (nSPS) is 14.0. The number of fused-ring (bicyclic) bond motifs is 1. The van der Waals surface area contributed by atoms with E-state index < -0.39 is 23.9 Å². The Morgan fingerprint density at radius 3 is 2.73 bits per heavy atom. The van der Waals surface area contributed by atoms with Crippen LogP contribution in [0.5, 0.6) is 0 Å². The number of benzene rings is 1. The second-order valence-corrected chi connectivity index (χ2v) is 5.33. The number of carbonyl (C=O) groups is 2. The molecule has 1 aromatic heterocycles. The van der Waals surface area contributed by atoms with Crippen molar-refractivity contribution in [2.24, 2.45) is 0 Å². The number of aromatic nitrogens is 1. The average molecular weight is 301 g/mol. The van der Waals surface area contributed by atoms with E-state index in [0.29, 0.717) is 16.6 Å². The molecular formula is C15H15N3O4. The van der Waals surface area contributed by atoms with Gasteiger partial charge < -0.3 is 20.7 Å². The topological polar surface area (TPSA) is 114 Å². The fraction of sp³-hybridized carbons (Fsp3) is 0.267. The minimum atomic E-state index is -1.17. The SMILES string of the molecule is Nc1cccc2c1c(=O)c(C(=O)NCC(=O)O)cn2C1CC1. The van der Waals surface area contributed by atoms with Crippen molar-refractivity contribution in [1.29, 1.82) is 0 Å². The third kappa shape index (κ3) is 2.41.